The standard InChI is InChI=1S/C25H29N5O3S/c1-5-14-30-24(18(3)26-22(31)15-19-8-12-21(33-4)13-9-19)28-29-25(30)34-16-23(32)27-20-10-6-17(2)7-11-20/h5-13,18H,1,14-16H2,2-4H3,(H,26,31)(H,27,32)/t18-/m0/s1. The van der Waals surface area contributed by atoms with E-state index in [1.165, 1.54) is 11.8 Å². The van der Waals surface area contributed by atoms with Crippen molar-refractivity contribution >= 4 is 29.3 Å². The van der Waals surface area contributed by atoms with Crippen molar-refractivity contribution in [3.8, 4) is 5.75 Å². The molecule has 1 aromatic heterocycles. The van der Waals surface area contributed by atoms with E-state index in [0.29, 0.717) is 17.5 Å². The SMILES string of the molecule is C=CCn1c(SCC(=O)Nc2ccc(C)cc2)nnc1[C@H](C)NC(=O)Cc1ccc(OC)cc1. The Morgan fingerprint density at radius 1 is 1.12 bits per heavy atom. The molecule has 2 amide bonds. The number of allylic oxidation sites excluding steroid dienone is 1. The van der Waals surface area contributed by atoms with Crippen LogP contribution in [0.5, 0.6) is 5.75 Å². The largest absolute Gasteiger partial charge is 0.497 e. The molecule has 3 rings (SSSR count). The number of benzene rings is 2. The summed E-state index contributed by atoms with van der Waals surface area (Å²) < 4.78 is 7.01. The lowest BCUT2D eigenvalue weighted by Crippen LogP contribution is -2.30. The second kappa shape index (κ2) is 12.0. The number of aryl methyl sites for hydroxylation is 1. The van der Waals surface area contributed by atoms with E-state index in [9.17, 15) is 9.59 Å². The Labute approximate surface area is 203 Å². The lowest BCUT2D eigenvalue weighted by Gasteiger charge is -2.15. The zero-order chi connectivity index (χ0) is 24.5. The fourth-order valence-corrected chi connectivity index (χ4v) is 4.03. The second-order valence-corrected chi connectivity index (χ2v) is 8.70. The topological polar surface area (TPSA) is 98.1 Å². The molecule has 2 N–H and O–H groups in total. The second-order valence-electron chi connectivity index (χ2n) is 7.76. The van der Waals surface area contributed by atoms with Crippen molar-refractivity contribution in [3.05, 3.63) is 78.1 Å². The van der Waals surface area contributed by atoms with Crippen LogP contribution in [0, 0.1) is 6.92 Å². The number of aromatic nitrogens is 3. The van der Waals surface area contributed by atoms with E-state index in [2.05, 4.69) is 27.4 Å². The van der Waals surface area contributed by atoms with Crippen LogP contribution >= 0.6 is 11.8 Å². The summed E-state index contributed by atoms with van der Waals surface area (Å²) in [7, 11) is 1.60. The smallest absolute Gasteiger partial charge is 0.234 e. The van der Waals surface area contributed by atoms with Gasteiger partial charge in [0.25, 0.3) is 0 Å². The maximum absolute atomic E-state index is 12.6. The zero-order valence-corrected chi connectivity index (χ0v) is 20.4. The molecule has 0 saturated heterocycles. The number of amides is 2. The van der Waals surface area contributed by atoms with Gasteiger partial charge in [-0.05, 0) is 43.7 Å². The molecule has 8 nitrogen and oxygen atoms in total. The van der Waals surface area contributed by atoms with Crippen LogP contribution in [0.2, 0.25) is 0 Å². The molecule has 1 heterocycles. The van der Waals surface area contributed by atoms with E-state index in [1.807, 2.05) is 66.9 Å². The minimum atomic E-state index is -0.367. The Hall–Kier alpha value is -3.59. The number of hydrogen-bond acceptors (Lipinski definition) is 6. The molecular formula is C25H29N5O3S. The first-order chi connectivity index (χ1) is 16.4. The van der Waals surface area contributed by atoms with Crippen LogP contribution in [0.4, 0.5) is 5.69 Å². The van der Waals surface area contributed by atoms with Crippen LogP contribution < -0.4 is 15.4 Å². The molecule has 0 aliphatic heterocycles. The Morgan fingerprint density at radius 3 is 2.47 bits per heavy atom. The summed E-state index contributed by atoms with van der Waals surface area (Å²) in [6.45, 7) is 8.11. The highest BCUT2D eigenvalue weighted by molar-refractivity contribution is 7.99. The highest BCUT2D eigenvalue weighted by Gasteiger charge is 2.20. The van der Waals surface area contributed by atoms with E-state index in [1.54, 1.807) is 13.2 Å². The van der Waals surface area contributed by atoms with E-state index < -0.39 is 0 Å². The molecule has 34 heavy (non-hydrogen) atoms. The molecule has 1 atom stereocenters. The van der Waals surface area contributed by atoms with Gasteiger partial charge in [-0.3, -0.25) is 9.59 Å². The summed E-state index contributed by atoms with van der Waals surface area (Å²) in [6, 6.07) is 14.6. The van der Waals surface area contributed by atoms with E-state index in [4.69, 9.17) is 4.74 Å². The predicted molar refractivity (Wildman–Crippen MR) is 134 cm³/mol. The number of nitrogens with one attached hydrogen (secondary N) is 2. The van der Waals surface area contributed by atoms with Crippen LogP contribution in [0.3, 0.4) is 0 Å². The fourth-order valence-electron chi connectivity index (χ4n) is 3.28. The summed E-state index contributed by atoms with van der Waals surface area (Å²) in [5.74, 6) is 1.26. The first kappa shape index (κ1) is 25.0. The number of carbonyl (C=O) groups excluding carboxylic acids is 2. The lowest BCUT2D eigenvalue weighted by molar-refractivity contribution is -0.121. The van der Waals surface area contributed by atoms with Gasteiger partial charge < -0.3 is 19.9 Å². The molecule has 3 aromatic rings. The Morgan fingerprint density at radius 2 is 1.82 bits per heavy atom. The van der Waals surface area contributed by atoms with Crippen LogP contribution in [0.1, 0.15) is 29.9 Å². The van der Waals surface area contributed by atoms with Gasteiger partial charge in [0.2, 0.25) is 11.8 Å². The third-order valence-electron chi connectivity index (χ3n) is 5.01. The third-order valence-corrected chi connectivity index (χ3v) is 5.98. The van der Waals surface area contributed by atoms with E-state index in [-0.39, 0.29) is 30.0 Å². The van der Waals surface area contributed by atoms with Crippen molar-refractivity contribution < 1.29 is 14.3 Å². The molecular weight excluding hydrogens is 450 g/mol. The lowest BCUT2D eigenvalue weighted by atomic mass is 10.1. The number of hydrogen-bond donors (Lipinski definition) is 2. The number of methoxy groups -OCH3 is 1. The first-order valence-corrected chi connectivity index (χ1v) is 11.8. The third kappa shape index (κ3) is 6.95. The van der Waals surface area contributed by atoms with Gasteiger partial charge in [-0.25, -0.2) is 0 Å². The van der Waals surface area contributed by atoms with Crippen molar-refractivity contribution in [1.29, 1.82) is 0 Å². The summed E-state index contributed by atoms with van der Waals surface area (Å²) >= 11 is 1.29. The van der Waals surface area contributed by atoms with E-state index >= 15 is 0 Å². The molecule has 9 heteroatoms. The molecule has 0 fully saturated rings. The van der Waals surface area contributed by atoms with Crippen LogP contribution in [-0.2, 0) is 22.6 Å². The van der Waals surface area contributed by atoms with Gasteiger partial charge in [-0.1, -0.05) is 47.7 Å². The van der Waals surface area contributed by atoms with Gasteiger partial charge in [0.15, 0.2) is 11.0 Å². The summed E-state index contributed by atoms with van der Waals surface area (Å²) in [4.78, 5) is 24.9. The highest BCUT2D eigenvalue weighted by Crippen LogP contribution is 2.21. The minimum absolute atomic E-state index is 0.127. The van der Waals surface area contributed by atoms with Gasteiger partial charge in [0.05, 0.1) is 25.3 Å². The molecule has 0 spiro atoms. The number of thioether (sulfide) groups is 1. The minimum Gasteiger partial charge on any atom is -0.497 e. The summed E-state index contributed by atoms with van der Waals surface area (Å²) in [5.41, 5.74) is 2.76. The molecule has 0 saturated carbocycles. The van der Waals surface area contributed by atoms with Gasteiger partial charge in [-0.2, -0.15) is 0 Å². The first-order valence-electron chi connectivity index (χ1n) is 10.8. The molecule has 178 valence electrons. The quantitative estimate of drug-likeness (QED) is 0.319. The van der Waals surface area contributed by atoms with Crippen LogP contribution in [0.15, 0.2) is 66.3 Å². The zero-order valence-electron chi connectivity index (χ0n) is 19.6. The maximum Gasteiger partial charge on any atom is 0.234 e. The van der Waals surface area contributed by atoms with Crippen LogP contribution in [-0.4, -0.2) is 39.4 Å². The molecule has 0 unspecified atom stereocenters. The predicted octanol–water partition coefficient (Wildman–Crippen LogP) is 3.93. The average Bonchev–Trinajstić information content (AvgIpc) is 3.22. The summed E-state index contributed by atoms with van der Waals surface area (Å²) in [6.07, 6.45) is 1.97. The maximum atomic E-state index is 12.6. The number of carbonyl (C=O) groups is 2. The molecule has 0 aliphatic carbocycles. The molecule has 2 aromatic carbocycles. The van der Waals surface area contributed by atoms with Gasteiger partial charge >= 0.3 is 0 Å². The normalized spacial score (nSPS) is 11.5. The molecule has 0 aliphatic rings. The van der Waals surface area contributed by atoms with Crippen LogP contribution in [0.25, 0.3) is 0 Å². The molecule has 0 bridgehead atoms. The Bertz CT molecular complexity index is 1130. The van der Waals surface area contributed by atoms with E-state index in [0.717, 1.165) is 22.6 Å². The van der Waals surface area contributed by atoms with Gasteiger partial charge in [-0.15, -0.1) is 16.8 Å². The fraction of sp³-hybridized carbons (Fsp3) is 0.280. The van der Waals surface area contributed by atoms with Crippen molar-refractivity contribution in [3.63, 3.8) is 0 Å². The highest BCUT2D eigenvalue weighted by atomic mass is 32.2. The van der Waals surface area contributed by atoms with Gasteiger partial charge in [0.1, 0.15) is 5.75 Å². The van der Waals surface area contributed by atoms with Crippen molar-refractivity contribution in [2.75, 3.05) is 18.2 Å². The monoisotopic (exact) mass is 479 g/mol. The van der Waals surface area contributed by atoms with Gasteiger partial charge in [0, 0.05) is 12.2 Å². The number of rotatable bonds is 11. The number of nitrogens with zero attached hydrogens (tertiary/aromatic N) is 3. The summed E-state index contributed by atoms with van der Waals surface area (Å²) in [5, 5.41) is 14.9. The average molecular weight is 480 g/mol. The van der Waals surface area contributed by atoms with Crippen molar-refractivity contribution in [2.24, 2.45) is 0 Å². The molecule has 0 radical (unpaired) electrons. The Kier molecular flexibility index (Phi) is 8.86. The Balaban J connectivity index is 1.60. The number of anilines is 1. The number of ether oxygens (including phenoxy) is 1. The van der Waals surface area contributed by atoms with Crippen molar-refractivity contribution in [2.45, 2.75) is 38.0 Å². The van der Waals surface area contributed by atoms with Crippen molar-refractivity contribution in [1.82, 2.24) is 20.1 Å².